The molecule has 0 saturated carbocycles. The average Bonchev–Trinajstić information content (AvgIpc) is 2.70. The van der Waals surface area contributed by atoms with Gasteiger partial charge in [-0.05, 0) is 0 Å². The Bertz CT molecular complexity index is 683. The number of aliphatic hydroxyl groups is 1. The summed E-state index contributed by atoms with van der Waals surface area (Å²) < 4.78 is 110. The summed E-state index contributed by atoms with van der Waals surface area (Å²) in [6.45, 7) is -5.42. The first-order valence-corrected chi connectivity index (χ1v) is 6.90. The van der Waals surface area contributed by atoms with Crippen LogP contribution in [0.3, 0.4) is 0 Å². The average molecular weight is 442 g/mol. The van der Waals surface area contributed by atoms with Gasteiger partial charge in [0.15, 0.2) is 0 Å². The minimum atomic E-state index is -3.09. The van der Waals surface area contributed by atoms with Crippen LogP contribution in [-0.2, 0) is 28.6 Å². The van der Waals surface area contributed by atoms with Crippen molar-refractivity contribution in [3.8, 4) is 0 Å². The predicted octanol–water partition coefficient (Wildman–Crippen LogP) is 2.53. The lowest BCUT2D eigenvalue weighted by Gasteiger charge is -2.29. The quantitative estimate of drug-likeness (QED) is 0.240. The molecule has 0 heterocycles. The zero-order valence-electron chi connectivity index (χ0n) is 13.8. The van der Waals surface area contributed by atoms with E-state index in [9.17, 15) is 54.6 Å². The van der Waals surface area contributed by atoms with Gasteiger partial charge in [-0.3, -0.25) is 0 Å². The third-order valence-electron chi connectivity index (χ3n) is 2.84. The Balaban J connectivity index is 5.49. The molecule has 0 radical (unpaired) electrons. The third-order valence-corrected chi connectivity index (χ3v) is 2.84. The van der Waals surface area contributed by atoms with Gasteiger partial charge in [-0.25, -0.2) is 18.8 Å². The molecule has 15 heteroatoms. The second-order valence-corrected chi connectivity index (χ2v) is 4.99. The van der Waals surface area contributed by atoms with Crippen LogP contribution in [0.4, 0.5) is 35.1 Å². The first-order valence-electron chi connectivity index (χ1n) is 6.90. The standard InChI is InChI=1S/C14H10F8O7/c15-1-6(16)11(24)27-3-14(2-23,4-28-12(25)7(17)9(19)20)5-29-13(26)8(18)10(21)22/h1,23H,2-5H2. The number of carbonyl (C=O) groups is 3. The molecule has 0 aromatic heterocycles. The molecule has 0 aliphatic rings. The van der Waals surface area contributed by atoms with E-state index in [0.29, 0.717) is 0 Å². The van der Waals surface area contributed by atoms with Crippen molar-refractivity contribution >= 4 is 17.9 Å². The maximum absolute atomic E-state index is 12.8. The van der Waals surface area contributed by atoms with Crippen LogP contribution >= 0.6 is 0 Å². The summed E-state index contributed by atoms with van der Waals surface area (Å²) in [5, 5.41) is 9.34. The highest BCUT2D eigenvalue weighted by molar-refractivity contribution is 5.87. The first-order chi connectivity index (χ1) is 13.4. The molecule has 0 rings (SSSR count). The molecule has 29 heavy (non-hydrogen) atoms. The van der Waals surface area contributed by atoms with Crippen LogP contribution < -0.4 is 0 Å². The zero-order chi connectivity index (χ0) is 22.8. The molecule has 0 aromatic carbocycles. The molecule has 0 bridgehead atoms. The second kappa shape index (κ2) is 11.8. The summed E-state index contributed by atoms with van der Waals surface area (Å²) in [7, 11) is 0. The molecule has 0 aliphatic heterocycles. The van der Waals surface area contributed by atoms with Crippen molar-refractivity contribution in [2.24, 2.45) is 5.41 Å². The summed E-state index contributed by atoms with van der Waals surface area (Å²) in [4.78, 5) is 33.2. The molecule has 0 unspecified atom stereocenters. The van der Waals surface area contributed by atoms with Crippen LogP contribution in [0.2, 0.25) is 0 Å². The molecule has 0 fully saturated rings. The molecule has 7 nitrogen and oxygen atoms in total. The van der Waals surface area contributed by atoms with Gasteiger partial charge in [-0.1, -0.05) is 0 Å². The summed E-state index contributed by atoms with van der Waals surface area (Å²) in [6, 6.07) is 0. The number of rotatable bonds is 10. The van der Waals surface area contributed by atoms with E-state index < -0.39 is 85.7 Å². The van der Waals surface area contributed by atoms with Gasteiger partial charge in [0.2, 0.25) is 5.83 Å². The zero-order valence-corrected chi connectivity index (χ0v) is 13.8. The fourth-order valence-corrected chi connectivity index (χ4v) is 1.31. The van der Waals surface area contributed by atoms with Crippen LogP contribution in [0.25, 0.3) is 0 Å². The number of carbonyl (C=O) groups excluding carboxylic acids is 3. The second-order valence-electron chi connectivity index (χ2n) is 4.99. The molecule has 0 aromatic rings. The van der Waals surface area contributed by atoms with Gasteiger partial charge in [0.05, 0.1) is 12.0 Å². The summed E-state index contributed by atoms with van der Waals surface area (Å²) in [5.74, 6) is -14.0. The van der Waals surface area contributed by atoms with Gasteiger partial charge in [-0.2, -0.15) is 30.7 Å². The number of halogens is 8. The molecule has 0 saturated heterocycles. The fourth-order valence-electron chi connectivity index (χ4n) is 1.31. The van der Waals surface area contributed by atoms with Crippen molar-refractivity contribution in [3.05, 3.63) is 36.0 Å². The Hall–Kier alpha value is -2.97. The maximum Gasteiger partial charge on any atom is 0.372 e. The highest BCUT2D eigenvalue weighted by Crippen LogP contribution is 2.23. The third kappa shape index (κ3) is 8.28. The van der Waals surface area contributed by atoms with E-state index in [0.717, 1.165) is 0 Å². The number of aliphatic hydroxyl groups excluding tert-OH is 1. The lowest BCUT2D eigenvalue weighted by molar-refractivity contribution is -0.162. The summed E-state index contributed by atoms with van der Waals surface area (Å²) >= 11 is 0. The fraction of sp³-hybridized carbons (Fsp3) is 0.357. The van der Waals surface area contributed by atoms with Crippen LogP contribution in [0.1, 0.15) is 0 Å². The summed E-state index contributed by atoms with van der Waals surface area (Å²) in [6.07, 6.45) is -7.02. The smallest absolute Gasteiger partial charge is 0.372 e. The molecular formula is C14H10F8O7. The Morgan fingerprint density at radius 1 is 0.724 bits per heavy atom. The highest BCUT2D eigenvalue weighted by Gasteiger charge is 2.37. The lowest BCUT2D eigenvalue weighted by Crippen LogP contribution is -2.42. The molecular weight excluding hydrogens is 432 g/mol. The minimum absolute atomic E-state index is 0.836. The van der Waals surface area contributed by atoms with Crippen LogP contribution in [-0.4, -0.2) is 49.4 Å². The minimum Gasteiger partial charge on any atom is -0.459 e. The van der Waals surface area contributed by atoms with E-state index in [2.05, 4.69) is 14.2 Å². The Morgan fingerprint density at radius 3 is 1.34 bits per heavy atom. The monoisotopic (exact) mass is 442 g/mol. The van der Waals surface area contributed by atoms with Gasteiger partial charge in [0, 0.05) is 0 Å². The number of hydrogen-bond donors (Lipinski definition) is 1. The Labute approximate surface area is 155 Å². The van der Waals surface area contributed by atoms with E-state index in [1.54, 1.807) is 0 Å². The van der Waals surface area contributed by atoms with E-state index in [1.165, 1.54) is 0 Å². The van der Waals surface area contributed by atoms with E-state index in [1.807, 2.05) is 0 Å². The van der Waals surface area contributed by atoms with Crippen molar-refractivity contribution in [2.75, 3.05) is 26.4 Å². The van der Waals surface area contributed by atoms with E-state index in [4.69, 9.17) is 0 Å². The Kier molecular flexibility index (Phi) is 10.6. The largest absolute Gasteiger partial charge is 0.459 e. The van der Waals surface area contributed by atoms with Crippen molar-refractivity contribution in [2.45, 2.75) is 0 Å². The van der Waals surface area contributed by atoms with Gasteiger partial charge in [-0.15, -0.1) is 0 Å². The molecule has 0 aliphatic carbocycles. The topological polar surface area (TPSA) is 99.1 Å². The van der Waals surface area contributed by atoms with Crippen molar-refractivity contribution in [1.82, 2.24) is 0 Å². The van der Waals surface area contributed by atoms with E-state index in [-0.39, 0.29) is 0 Å². The van der Waals surface area contributed by atoms with Gasteiger partial charge < -0.3 is 19.3 Å². The first kappa shape index (κ1) is 26.0. The SMILES string of the molecule is O=C(OCC(CO)(COC(=O)C(F)=C(F)F)COC(=O)C(F)=C(F)F)C(F)=CF. The molecule has 164 valence electrons. The number of hydrogen-bond acceptors (Lipinski definition) is 7. The molecule has 0 amide bonds. The number of ether oxygens (including phenoxy) is 3. The van der Waals surface area contributed by atoms with Crippen molar-refractivity contribution in [3.63, 3.8) is 0 Å². The van der Waals surface area contributed by atoms with Gasteiger partial charge in [0.1, 0.15) is 26.2 Å². The molecule has 0 atom stereocenters. The van der Waals surface area contributed by atoms with Crippen molar-refractivity contribution in [1.29, 1.82) is 0 Å². The molecule has 0 spiro atoms. The Morgan fingerprint density at radius 2 is 1.07 bits per heavy atom. The summed E-state index contributed by atoms with van der Waals surface area (Å²) in [5.41, 5.74) is -2.39. The predicted molar refractivity (Wildman–Crippen MR) is 73.4 cm³/mol. The lowest BCUT2D eigenvalue weighted by atomic mass is 9.92. The van der Waals surface area contributed by atoms with E-state index >= 15 is 0 Å². The maximum atomic E-state index is 12.8. The normalized spacial score (nSPS) is 11.4. The molecule has 1 N–H and O–H groups in total. The van der Waals surface area contributed by atoms with Gasteiger partial charge in [0.25, 0.3) is 11.7 Å². The van der Waals surface area contributed by atoms with Crippen LogP contribution in [0.15, 0.2) is 36.0 Å². The highest BCUT2D eigenvalue weighted by atomic mass is 19.3. The van der Waals surface area contributed by atoms with Crippen LogP contribution in [0, 0.1) is 5.41 Å². The van der Waals surface area contributed by atoms with Crippen LogP contribution in [0.5, 0.6) is 0 Å². The van der Waals surface area contributed by atoms with Crippen molar-refractivity contribution < 1.29 is 68.8 Å². The van der Waals surface area contributed by atoms with Gasteiger partial charge >= 0.3 is 30.1 Å². The number of esters is 3.